The van der Waals surface area contributed by atoms with Gasteiger partial charge >= 0.3 is 5.97 Å². The maximum atomic E-state index is 12.4. The van der Waals surface area contributed by atoms with E-state index < -0.39 is 12.1 Å². The van der Waals surface area contributed by atoms with E-state index in [9.17, 15) is 19.8 Å². The molecule has 0 heterocycles. The van der Waals surface area contributed by atoms with Crippen LogP contribution in [0.2, 0.25) is 0 Å². The lowest BCUT2D eigenvalue weighted by Gasteiger charge is -2.20. The Kier molecular flexibility index (Phi) is 47.2. The molecule has 0 aromatic rings. The molecule has 0 spiro atoms. The summed E-state index contributed by atoms with van der Waals surface area (Å²) in [6.45, 7) is 4.82. The van der Waals surface area contributed by atoms with Crippen molar-refractivity contribution < 1.29 is 24.5 Å². The molecule has 0 aliphatic heterocycles. The van der Waals surface area contributed by atoms with Crippen molar-refractivity contribution >= 4 is 11.9 Å². The number of carbonyl (C=O) groups excluding carboxylic acids is 2. The van der Waals surface area contributed by atoms with Gasteiger partial charge in [-0.2, -0.15) is 0 Å². The Balaban J connectivity index is 3.50. The minimum atomic E-state index is -0.857. The van der Waals surface area contributed by atoms with Crippen molar-refractivity contribution in [2.75, 3.05) is 13.2 Å². The molecular formula is C53H99NO5. The van der Waals surface area contributed by atoms with Crippen molar-refractivity contribution in [3.8, 4) is 0 Å². The van der Waals surface area contributed by atoms with Crippen LogP contribution in [0.1, 0.15) is 264 Å². The summed E-state index contributed by atoms with van der Waals surface area (Å²) in [7, 11) is 0. The molecular weight excluding hydrogens is 731 g/mol. The number of aliphatic hydroxyl groups is 2. The van der Waals surface area contributed by atoms with Crippen molar-refractivity contribution in [3.05, 3.63) is 36.5 Å². The first-order valence-corrected chi connectivity index (χ1v) is 25.8. The van der Waals surface area contributed by atoms with Gasteiger partial charge in [-0.1, -0.05) is 224 Å². The van der Waals surface area contributed by atoms with Gasteiger partial charge in [0.25, 0.3) is 0 Å². The molecule has 59 heavy (non-hydrogen) atoms. The molecule has 0 aliphatic carbocycles. The summed E-state index contributed by atoms with van der Waals surface area (Å²) in [5.41, 5.74) is 0. The van der Waals surface area contributed by atoms with E-state index in [1.165, 1.54) is 173 Å². The number of carbonyl (C=O) groups is 2. The lowest BCUT2D eigenvalue weighted by molar-refractivity contribution is -0.143. The molecule has 0 aliphatic rings. The topological polar surface area (TPSA) is 95.9 Å². The molecule has 6 nitrogen and oxygen atoms in total. The summed E-state index contributed by atoms with van der Waals surface area (Å²) in [5, 5.41) is 23.0. The molecule has 3 N–H and O–H groups in total. The van der Waals surface area contributed by atoms with E-state index >= 15 is 0 Å². The second-order valence-corrected chi connectivity index (χ2v) is 17.5. The number of hydrogen-bond acceptors (Lipinski definition) is 5. The van der Waals surface area contributed by atoms with E-state index in [-0.39, 0.29) is 18.5 Å². The van der Waals surface area contributed by atoms with Gasteiger partial charge in [-0.25, -0.2) is 0 Å². The van der Waals surface area contributed by atoms with Gasteiger partial charge in [0.2, 0.25) is 5.91 Å². The van der Waals surface area contributed by atoms with Gasteiger partial charge in [-0.05, 0) is 64.2 Å². The average molecular weight is 830 g/mol. The predicted molar refractivity (Wildman–Crippen MR) is 255 cm³/mol. The van der Waals surface area contributed by atoms with Crippen LogP contribution in [0, 0.1) is 0 Å². The highest BCUT2D eigenvalue weighted by Gasteiger charge is 2.18. The second-order valence-electron chi connectivity index (χ2n) is 17.5. The third-order valence-electron chi connectivity index (χ3n) is 11.7. The first-order valence-electron chi connectivity index (χ1n) is 25.8. The van der Waals surface area contributed by atoms with E-state index in [1.54, 1.807) is 6.08 Å². The van der Waals surface area contributed by atoms with Crippen LogP contribution < -0.4 is 5.32 Å². The van der Waals surface area contributed by atoms with Crippen molar-refractivity contribution in [3.63, 3.8) is 0 Å². The molecule has 0 aromatic heterocycles. The van der Waals surface area contributed by atoms with Crippen LogP contribution in [-0.2, 0) is 14.3 Å². The Morgan fingerprint density at radius 2 is 0.847 bits per heavy atom. The van der Waals surface area contributed by atoms with Crippen LogP contribution in [0.5, 0.6) is 0 Å². The number of ether oxygens (including phenoxy) is 1. The average Bonchev–Trinajstić information content (AvgIpc) is 3.24. The number of hydrogen-bond donors (Lipinski definition) is 3. The third kappa shape index (κ3) is 45.4. The second kappa shape index (κ2) is 48.7. The van der Waals surface area contributed by atoms with Crippen molar-refractivity contribution in [2.45, 2.75) is 276 Å². The van der Waals surface area contributed by atoms with E-state index in [1.807, 2.05) is 6.08 Å². The largest absolute Gasteiger partial charge is 0.466 e. The van der Waals surface area contributed by atoms with Crippen molar-refractivity contribution in [2.24, 2.45) is 0 Å². The molecule has 346 valence electrons. The molecule has 0 fully saturated rings. The zero-order valence-electron chi connectivity index (χ0n) is 39.2. The zero-order valence-corrected chi connectivity index (χ0v) is 39.2. The fourth-order valence-electron chi connectivity index (χ4n) is 7.66. The molecule has 0 rings (SSSR count). The van der Waals surface area contributed by atoms with Crippen LogP contribution in [0.25, 0.3) is 0 Å². The summed E-state index contributed by atoms with van der Waals surface area (Å²) in [6.07, 6.45) is 58.5. The van der Waals surface area contributed by atoms with Gasteiger partial charge in [0.15, 0.2) is 0 Å². The monoisotopic (exact) mass is 830 g/mol. The van der Waals surface area contributed by atoms with E-state index in [0.717, 1.165) is 64.2 Å². The summed E-state index contributed by atoms with van der Waals surface area (Å²) >= 11 is 0. The normalized spacial score (nSPS) is 12.9. The van der Waals surface area contributed by atoms with Gasteiger partial charge in [-0.3, -0.25) is 9.59 Å². The Bertz CT molecular complexity index is 962. The number of allylic oxidation sites excluding steroid dienone is 5. The maximum absolute atomic E-state index is 12.4. The first kappa shape index (κ1) is 57.1. The summed E-state index contributed by atoms with van der Waals surface area (Å²) in [5.74, 6) is -0.112. The lowest BCUT2D eigenvalue weighted by Crippen LogP contribution is -2.45. The summed E-state index contributed by atoms with van der Waals surface area (Å²) in [4.78, 5) is 24.5. The Morgan fingerprint density at radius 3 is 1.32 bits per heavy atom. The molecule has 0 saturated heterocycles. The van der Waals surface area contributed by atoms with Gasteiger partial charge in [-0.15, -0.1) is 0 Å². The van der Waals surface area contributed by atoms with Gasteiger partial charge in [0, 0.05) is 12.8 Å². The number of nitrogens with one attached hydrogen (secondary N) is 1. The zero-order chi connectivity index (χ0) is 43.0. The highest BCUT2D eigenvalue weighted by Crippen LogP contribution is 2.15. The Labute approximate surface area is 366 Å². The van der Waals surface area contributed by atoms with Gasteiger partial charge in [0.05, 0.1) is 25.4 Å². The predicted octanol–water partition coefficient (Wildman–Crippen LogP) is 15.3. The molecule has 2 atom stereocenters. The number of amides is 1. The number of unbranched alkanes of at least 4 members (excludes halogenated alkanes) is 32. The Morgan fingerprint density at radius 1 is 0.475 bits per heavy atom. The van der Waals surface area contributed by atoms with Crippen LogP contribution in [0.3, 0.4) is 0 Å². The molecule has 0 bridgehead atoms. The van der Waals surface area contributed by atoms with E-state index in [0.29, 0.717) is 19.4 Å². The summed E-state index contributed by atoms with van der Waals surface area (Å²) < 4.78 is 5.46. The van der Waals surface area contributed by atoms with Crippen LogP contribution in [0.4, 0.5) is 0 Å². The molecule has 6 heteroatoms. The molecule has 2 unspecified atom stereocenters. The number of rotatable bonds is 47. The molecule has 0 aromatic carbocycles. The van der Waals surface area contributed by atoms with Crippen LogP contribution in [0.15, 0.2) is 36.5 Å². The van der Waals surface area contributed by atoms with Gasteiger partial charge < -0.3 is 20.3 Å². The Hall–Kier alpha value is -1.92. The lowest BCUT2D eigenvalue weighted by atomic mass is 10.0. The molecule has 1 amide bonds. The maximum Gasteiger partial charge on any atom is 0.305 e. The van der Waals surface area contributed by atoms with Crippen LogP contribution in [-0.4, -0.2) is 47.4 Å². The summed E-state index contributed by atoms with van der Waals surface area (Å²) in [6, 6.07) is -0.642. The minimum absolute atomic E-state index is 0.0237. The van der Waals surface area contributed by atoms with Gasteiger partial charge in [0.1, 0.15) is 0 Å². The number of aliphatic hydroxyl groups excluding tert-OH is 2. The first-order chi connectivity index (χ1) is 29.0. The fraction of sp³-hybridized carbons (Fsp3) is 0.849. The minimum Gasteiger partial charge on any atom is -0.466 e. The standard InChI is InChI=1S/C53H99NO5/c1-3-5-7-9-11-13-15-17-19-20-21-23-27-31-35-39-43-47-53(58)59-48-44-40-36-32-28-24-26-30-34-38-42-46-52(57)54-50(49-55)51(56)45-41-37-33-29-25-22-18-16-14-12-10-8-6-4-2/h11,13,17,19,41,45,50-51,55-56H,3-10,12,14-16,18,20-40,42-44,46-49H2,1-2H3,(H,54,57)/b13-11-,19-17-,45-41+. The van der Waals surface area contributed by atoms with E-state index in [4.69, 9.17) is 4.74 Å². The van der Waals surface area contributed by atoms with Crippen molar-refractivity contribution in [1.29, 1.82) is 0 Å². The third-order valence-corrected chi connectivity index (χ3v) is 11.7. The quantitative estimate of drug-likeness (QED) is 0.0323. The molecule has 0 saturated carbocycles. The van der Waals surface area contributed by atoms with E-state index in [2.05, 4.69) is 43.5 Å². The van der Waals surface area contributed by atoms with Crippen LogP contribution >= 0.6 is 0 Å². The number of esters is 1. The fourth-order valence-corrected chi connectivity index (χ4v) is 7.66. The molecule has 0 radical (unpaired) electrons. The smallest absolute Gasteiger partial charge is 0.305 e. The van der Waals surface area contributed by atoms with Crippen molar-refractivity contribution in [1.82, 2.24) is 5.32 Å². The SMILES string of the molecule is CCCCC/C=C\C/C=C\CCCCCCCCCC(=O)OCCCCCCCCCCCCCC(=O)NC(CO)C(O)/C=C/CCCCCCCCCCCCCC. The highest BCUT2D eigenvalue weighted by atomic mass is 16.5. The highest BCUT2D eigenvalue weighted by molar-refractivity contribution is 5.76.